The highest BCUT2D eigenvalue weighted by atomic mass is 16.2. The molecule has 8 heteroatoms. The van der Waals surface area contributed by atoms with Crippen LogP contribution in [0, 0.1) is 6.92 Å². The summed E-state index contributed by atoms with van der Waals surface area (Å²) in [6.07, 6.45) is 5.00. The van der Waals surface area contributed by atoms with Gasteiger partial charge in [-0.1, -0.05) is 31.4 Å². The largest absolute Gasteiger partial charge is 0.322 e. The molecule has 8 nitrogen and oxygen atoms in total. The lowest BCUT2D eigenvalue weighted by Gasteiger charge is -2.29. The lowest BCUT2D eigenvalue weighted by Crippen LogP contribution is -2.41. The number of rotatable bonds is 3. The topological polar surface area (TPSA) is 104 Å². The molecular formula is C21H23N5O3. The monoisotopic (exact) mass is 393 g/mol. The normalized spacial score (nSPS) is 20.9. The fourth-order valence-electron chi connectivity index (χ4n) is 4.76. The van der Waals surface area contributed by atoms with Gasteiger partial charge in [-0.05, 0) is 31.9 Å². The van der Waals surface area contributed by atoms with Crippen molar-refractivity contribution < 1.29 is 9.59 Å². The van der Waals surface area contributed by atoms with E-state index in [-0.39, 0.29) is 29.8 Å². The zero-order chi connectivity index (χ0) is 20.1. The zero-order valence-corrected chi connectivity index (χ0v) is 16.3. The van der Waals surface area contributed by atoms with E-state index in [4.69, 9.17) is 0 Å². The van der Waals surface area contributed by atoms with E-state index in [2.05, 4.69) is 15.1 Å². The summed E-state index contributed by atoms with van der Waals surface area (Å²) >= 11 is 0. The van der Waals surface area contributed by atoms with Crippen LogP contribution in [-0.2, 0) is 9.59 Å². The second kappa shape index (κ2) is 6.72. The quantitative estimate of drug-likeness (QED) is 0.667. The Labute approximate surface area is 166 Å². The van der Waals surface area contributed by atoms with Gasteiger partial charge in [0.25, 0.3) is 5.56 Å². The number of H-pyrrole nitrogens is 2. The molecule has 2 fully saturated rings. The molecule has 0 spiro atoms. The second-order valence-corrected chi connectivity index (χ2v) is 8.02. The maximum atomic E-state index is 13.2. The highest BCUT2D eigenvalue weighted by Crippen LogP contribution is 2.34. The van der Waals surface area contributed by atoms with Gasteiger partial charge in [-0.2, -0.15) is 4.68 Å². The number of imide groups is 1. The van der Waals surface area contributed by atoms with E-state index in [1.165, 1.54) is 9.58 Å². The van der Waals surface area contributed by atoms with E-state index in [0.717, 1.165) is 43.1 Å². The molecule has 1 atom stereocenters. The van der Waals surface area contributed by atoms with Gasteiger partial charge in [0.2, 0.25) is 17.8 Å². The Balaban J connectivity index is 1.51. The van der Waals surface area contributed by atoms with Crippen LogP contribution in [0.25, 0.3) is 17.0 Å². The molecule has 1 aliphatic carbocycles. The van der Waals surface area contributed by atoms with Gasteiger partial charge in [0.15, 0.2) is 0 Å². The molecule has 1 aliphatic heterocycles. The molecule has 2 N–H and O–H groups in total. The van der Waals surface area contributed by atoms with Crippen molar-refractivity contribution in [3.8, 4) is 5.95 Å². The lowest BCUT2D eigenvalue weighted by atomic mass is 9.94. The predicted molar refractivity (Wildman–Crippen MR) is 107 cm³/mol. The van der Waals surface area contributed by atoms with Crippen LogP contribution in [-0.4, -0.2) is 42.5 Å². The van der Waals surface area contributed by atoms with Gasteiger partial charge >= 0.3 is 0 Å². The highest BCUT2D eigenvalue weighted by molar-refractivity contribution is 6.06. The van der Waals surface area contributed by atoms with Crippen molar-refractivity contribution in [2.45, 2.75) is 57.4 Å². The summed E-state index contributed by atoms with van der Waals surface area (Å²) in [5, 5.41) is 3.03. The number of imidazole rings is 1. The van der Waals surface area contributed by atoms with Crippen LogP contribution < -0.4 is 5.56 Å². The Kier molecular flexibility index (Phi) is 4.15. The van der Waals surface area contributed by atoms with E-state index in [0.29, 0.717) is 17.2 Å². The molecule has 2 amide bonds. The first-order valence-electron chi connectivity index (χ1n) is 10.2. The van der Waals surface area contributed by atoms with Gasteiger partial charge in [-0.3, -0.25) is 24.4 Å². The SMILES string of the molecule is Cc1[nH]n(-c2nc3ccccc3[nH]2)c(=O)c1[C@H]1CC(=O)N(C2CCCCC2)C1=O. The number of hydrogen-bond acceptors (Lipinski definition) is 4. The number of aromatic nitrogens is 4. The first-order chi connectivity index (χ1) is 14.0. The number of carbonyl (C=O) groups is 2. The van der Waals surface area contributed by atoms with Crippen molar-refractivity contribution in [1.82, 2.24) is 24.6 Å². The summed E-state index contributed by atoms with van der Waals surface area (Å²) < 4.78 is 1.33. The highest BCUT2D eigenvalue weighted by Gasteiger charge is 2.45. The Morgan fingerprint density at radius 3 is 2.59 bits per heavy atom. The number of para-hydroxylation sites is 2. The standard InChI is InChI=1S/C21H23N5O3/c1-12-18(14-11-17(27)25(19(14)28)13-7-3-2-4-8-13)20(29)26(24-12)21-22-15-9-5-6-10-16(15)23-21/h5-6,9-10,13-14,24H,2-4,7-8,11H2,1H3,(H,22,23)/t14-/m1/s1. The maximum Gasteiger partial charge on any atom is 0.278 e. The minimum atomic E-state index is -0.723. The van der Waals surface area contributed by atoms with E-state index in [1.54, 1.807) is 6.92 Å². The number of benzene rings is 1. The number of nitrogens with zero attached hydrogens (tertiary/aromatic N) is 3. The minimum Gasteiger partial charge on any atom is -0.322 e. The van der Waals surface area contributed by atoms with Crippen LogP contribution >= 0.6 is 0 Å². The van der Waals surface area contributed by atoms with Crippen LogP contribution in [0.3, 0.4) is 0 Å². The Morgan fingerprint density at radius 2 is 1.83 bits per heavy atom. The van der Waals surface area contributed by atoms with Gasteiger partial charge in [0.1, 0.15) is 0 Å². The van der Waals surface area contributed by atoms with Crippen LogP contribution in [0.1, 0.15) is 55.7 Å². The fraction of sp³-hybridized carbons (Fsp3) is 0.429. The minimum absolute atomic E-state index is 0.0226. The molecule has 29 heavy (non-hydrogen) atoms. The Morgan fingerprint density at radius 1 is 1.07 bits per heavy atom. The molecule has 0 unspecified atom stereocenters. The fourth-order valence-corrected chi connectivity index (χ4v) is 4.76. The molecule has 1 saturated carbocycles. The van der Waals surface area contributed by atoms with Crippen LogP contribution in [0.4, 0.5) is 0 Å². The van der Waals surface area contributed by atoms with Crippen molar-refractivity contribution in [1.29, 1.82) is 0 Å². The van der Waals surface area contributed by atoms with Gasteiger partial charge < -0.3 is 4.98 Å². The van der Waals surface area contributed by atoms with E-state index < -0.39 is 5.92 Å². The molecule has 2 aliphatic rings. The number of aryl methyl sites for hydroxylation is 1. The molecular weight excluding hydrogens is 370 g/mol. The molecule has 1 aromatic carbocycles. The van der Waals surface area contributed by atoms with Crippen LogP contribution in [0.15, 0.2) is 29.1 Å². The molecule has 2 aromatic heterocycles. The third-order valence-corrected chi connectivity index (χ3v) is 6.18. The van der Waals surface area contributed by atoms with Crippen molar-refractivity contribution >= 4 is 22.8 Å². The third-order valence-electron chi connectivity index (χ3n) is 6.18. The van der Waals surface area contributed by atoms with Gasteiger partial charge in [-0.25, -0.2) is 4.98 Å². The molecule has 150 valence electrons. The molecule has 5 rings (SSSR count). The summed E-state index contributed by atoms with van der Waals surface area (Å²) in [4.78, 5) is 48.0. The third kappa shape index (κ3) is 2.82. The molecule has 0 radical (unpaired) electrons. The number of carbonyl (C=O) groups excluding carboxylic acids is 2. The summed E-state index contributed by atoms with van der Waals surface area (Å²) in [5.41, 5.74) is 2.19. The van der Waals surface area contributed by atoms with Gasteiger partial charge in [-0.15, -0.1) is 0 Å². The molecule has 1 saturated heterocycles. The maximum absolute atomic E-state index is 13.2. The Bertz CT molecular complexity index is 1130. The van der Waals surface area contributed by atoms with E-state index in [9.17, 15) is 14.4 Å². The summed E-state index contributed by atoms with van der Waals surface area (Å²) in [6.45, 7) is 1.76. The number of nitrogens with one attached hydrogen (secondary N) is 2. The number of hydrogen-bond donors (Lipinski definition) is 2. The van der Waals surface area contributed by atoms with Gasteiger partial charge in [0, 0.05) is 18.2 Å². The first-order valence-corrected chi connectivity index (χ1v) is 10.2. The number of amides is 2. The number of likely N-dealkylation sites (tertiary alicyclic amines) is 1. The average Bonchev–Trinajstić information content (AvgIpc) is 3.36. The second-order valence-electron chi connectivity index (χ2n) is 8.02. The summed E-state index contributed by atoms with van der Waals surface area (Å²) in [7, 11) is 0. The van der Waals surface area contributed by atoms with Crippen molar-refractivity contribution in [2.24, 2.45) is 0 Å². The summed E-state index contributed by atoms with van der Waals surface area (Å²) in [5.74, 6) is -0.759. The number of fused-ring (bicyclic) bond motifs is 1. The van der Waals surface area contributed by atoms with E-state index in [1.807, 2.05) is 24.3 Å². The van der Waals surface area contributed by atoms with E-state index >= 15 is 0 Å². The van der Waals surface area contributed by atoms with Crippen LogP contribution in [0.5, 0.6) is 0 Å². The molecule has 0 bridgehead atoms. The lowest BCUT2D eigenvalue weighted by molar-refractivity contribution is -0.142. The zero-order valence-electron chi connectivity index (χ0n) is 16.3. The van der Waals surface area contributed by atoms with Crippen LogP contribution in [0.2, 0.25) is 0 Å². The summed E-state index contributed by atoms with van der Waals surface area (Å²) in [6, 6.07) is 7.49. The Hall–Kier alpha value is -3.16. The first kappa shape index (κ1) is 17.9. The van der Waals surface area contributed by atoms with Gasteiger partial charge in [0.05, 0.1) is 22.5 Å². The predicted octanol–water partition coefficient (Wildman–Crippen LogP) is 2.53. The number of aromatic amines is 2. The van der Waals surface area contributed by atoms with Crippen molar-refractivity contribution in [3.05, 3.63) is 45.9 Å². The van der Waals surface area contributed by atoms with Crippen molar-refractivity contribution in [2.75, 3.05) is 0 Å². The van der Waals surface area contributed by atoms with Crippen molar-refractivity contribution in [3.63, 3.8) is 0 Å². The molecule has 3 heterocycles. The smallest absolute Gasteiger partial charge is 0.278 e. The molecule has 3 aromatic rings. The average molecular weight is 393 g/mol.